The first-order valence-corrected chi connectivity index (χ1v) is 10.4. The van der Waals surface area contributed by atoms with Gasteiger partial charge in [-0.1, -0.05) is 74.5 Å². The zero-order valence-corrected chi connectivity index (χ0v) is 17.1. The third-order valence-corrected chi connectivity index (χ3v) is 7.29. The first-order chi connectivity index (χ1) is 14.1. The molecule has 0 saturated carbocycles. The summed E-state index contributed by atoms with van der Waals surface area (Å²) in [6.07, 6.45) is 2.07. The van der Waals surface area contributed by atoms with Gasteiger partial charge in [-0.25, -0.2) is 0 Å². The van der Waals surface area contributed by atoms with E-state index in [1.807, 2.05) is 12.1 Å². The number of nitroso groups, excluding NO2 is 1. The van der Waals surface area contributed by atoms with Crippen molar-refractivity contribution in [3.63, 3.8) is 0 Å². The second kappa shape index (κ2) is 6.55. The van der Waals surface area contributed by atoms with Gasteiger partial charge in [0.25, 0.3) is 0 Å². The third kappa shape index (κ3) is 2.64. The Morgan fingerprint density at radius 2 is 1.21 bits per heavy atom. The Hall–Kier alpha value is -2.94. The number of hydrogen-bond acceptors (Lipinski definition) is 3. The third-order valence-electron chi connectivity index (χ3n) is 7.29. The van der Waals surface area contributed by atoms with Gasteiger partial charge in [-0.15, -0.1) is 4.91 Å². The molecule has 3 aromatic carbocycles. The normalized spacial score (nSPS) is 25.4. The van der Waals surface area contributed by atoms with E-state index in [-0.39, 0.29) is 10.8 Å². The quantitative estimate of drug-likeness (QED) is 0.497. The average molecular weight is 383 g/mol. The van der Waals surface area contributed by atoms with Gasteiger partial charge in [0.1, 0.15) is 5.69 Å². The van der Waals surface area contributed by atoms with Gasteiger partial charge >= 0.3 is 0 Å². The lowest BCUT2D eigenvalue weighted by molar-refractivity contribution is 0.433. The van der Waals surface area contributed by atoms with Crippen molar-refractivity contribution in [3.05, 3.63) is 100.0 Å². The van der Waals surface area contributed by atoms with Crippen molar-refractivity contribution in [1.82, 2.24) is 0 Å². The summed E-state index contributed by atoms with van der Waals surface area (Å²) in [5.74, 6) is 0. The molecule has 0 aromatic heterocycles. The van der Waals surface area contributed by atoms with Gasteiger partial charge in [-0.2, -0.15) is 0 Å². The maximum atomic E-state index is 11.7. The molecule has 0 amide bonds. The fourth-order valence-corrected chi connectivity index (χ4v) is 5.39. The first-order valence-electron chi connectivity index (χ1n) is 10.4. The van der Waals surface area contributed by atoms with Crippen LogP contribution in [-0.2, 0) is 10.8 Å². The molecule has 0 fully saturated rings. The molecule has 146 valence electrons. The van der Waals surface area contributed by atoms with Crippen LogP contribution in [0.15, 0.2) is 78.0 Å². The Morgan fingerprint density at radius 3 is 1.62 bits per heavy atom. The minimum absolute atomic E-state index is 0.127. The Bertz CT molecular complexity index is 984. The molecule has 2 aliphatic rings. The van der Waals surface area contributed by atoms with Crippen LogP contribution in [0.2, 0.25) is 0 Å². The van der Waals surface area contributed by atoms with Crippen molar-refractivity contribution in [1.29, 1.82) is 0 Å². The van der Waals surface area contributed by atoms with Crippen LogP contribution in [0.5, 0.6) is 0 Å². The highest BCUT2D eigenvalue weighted by molar-refractivity contribution is 5.74. The van der Waals surface area contributed by atoms with E-state index in [1.54, 1.807) is 0 Å². The molecule has 5 rings (SSSR count). The summed E-state index contributed by atoms with van der Waals surface area (Å²) in [6, 6.07) is 25.5. The van der Waals surface area contributed by atoms with Crippen LogP contribution in [0.4, 0.5) is 11.4 Å². The Balaban J connectivity index is 1.79. The molecule has 0 N–H and O–H groups in total. The molecule has 2 aliphatic heterocycles. The summed E-state index contributed by atoms with van der Waals surface area (Å²) >= 11 is 0. The molecule has 29 heavy (non-hydrogen) atoms. The molecule has 0 spiro atoms. The Morgan fingerprint density at radius 1 is 0.759 bits per heavy atom. The van der Waals surface area contributed by atoms with E-state index in [9.17, 15) is 4.91 Å². The molecule has 0 unspecified atom stereocenters. The molecule has 0 aliphatic carbocycles. The van der Waals surface area contributed by atoms with Crippen LogP contribution in [0, 0.1) is 4.91 Å². The fourth-order valence-electron chi connectivity index (χ4n) is 5.39. The lowest BCUT2D eigenvalue weighted by atomic mass is 9.64. The monoisotopic (exact) mass is 382 g/mol. The summed E-state index contributed by atoms with van der Waals surface area (Å²) in [6.45, 7) is 6.70. The predicted octanol–water partition coefficient (Wildman–Crippen LogP) is 6.31. The summed E-state index contributed by atoms with van der Waals surface area (Å²) < 4.78 is 0. The van der Waals surface area contributed by atoms with E-state index in [0.717, 1.165) is 25.9 Å². The van der Waals surface area contributed by atoms with E-state index in [4.69, 9.17) is 0 Å². The van der Waals surface area contributed by atoms with Crippen molar-refractivity contribution in [2.75, 3.05) is 18.0 Å². The lowest BCUT2D eigenvalue weighted by Crippen LogP contribution is -2.46. The van der Waals surface area contributed by atoms with E-state index in [2.05, 4.69) is 84.6 Å². The van der Waals surface area contributed by atoms with E-state index < -0.39 is 0 Å². The molecule has 2 atom stereocenters. The largest absolute Gasteiger partial charge is 0.371 e. The van der Waals surface area contributed by atoms with Crippen molar-refractivity contribution in [3.8, 4) is 0 Å². The van der Waals surface area contributed by atoms with Gasteiger partial charge in [-0.3, -0.25) is 0 Å². The smallest absolute Gasteiger partial charge is 0.108 e. The SMILES string of the molecule is C[C@@]1(c2ccccc2)CCN2CC[C@@](C)(c3ccccc3)c3cc(N=O)cc1c32. The summed E-state index contributed by atoms with van der Waals surface area (Å²) in [4.78, 5) is 14.2. The van der Waals surface area contributed by atoms with Crippen molar-refractivity contribution in [2.45, 2.75) is 37.5 Å². The molecule has 0 radical (unpaired) electrons. The maximum Gasteiger partial charge on any atom is 0.108 e. The Labute approximate surface area is 172 Å². The van der Waals surface area contributed by atoms with Crippen LogP contribution in [-0.4, -0.2) is 13.1 Å². The van der Waals surface area contributed by atoms with Gasteiger partial charge < -0.3 is 4.90 Å². The van der Waals surface area contributed by atoms with Crippen LogP contribution in [0.1, 0.15) is 48.9 Å². The van der Waals surface area contributed by atoms with E-state index >= 15 is 0 Å². The Kier molecular flexibility index (Phi) is 4.09. The van der Waals surface area contributed by atoms with Crippen LogP contribution in [0.3, 0.4) is 0 Å². The van der Waals surface area contributed by atoms with Gasteiger partial charge in [0.2, 0.25) is 0 Å². The van der Waals surface area contributed by atoms with Crippen LogP contribution < -0.4 is 4.90 Å². The highest BCUT2D eigenvalue weighted by atomic mass is 16.3. The molecule has 3 nitrogen and oxygen atoms in total. The maximum absolute atomic E-state index is 11.7. The number of nitrogens with zero attached hydrogens (tertiary/aromatic N) is 2. The van der Waals surface area contributed by atoms with Crippen molar-refractivity contribution >= 4 is 11.4 Å². The van der Waals surface area contributed by atoms with Gasteiger partial charge in [0.15, 0.2) is 0 Å². The number of rotatable bonds is 3. The van der Waals surface area contributed by atoms with Crippen LogP contribution in [0.25, 0.3) is 0 Å². The zero-order valence-electron chi connectivity index (χ0n) is 17.1. The summed E-state index contributed by atoms with van der Waals surface area (Å²) in [5.41, 5.74) is 6.68. The molecule has 0 saturated heterocycles. The number of benzene rings is 3. The molecule has 3 aromatic rings. The second-order valence-electron chi connectivity index (χ2n) is 8.86. The van der Waals surface area contributed by atoms with E-state index in [0.29, 0.717) is 5.69 Å². The van der Waals surface area contributed by atoms with Crippen LogP contribution >= 0.6 is 0 Å². The second-order valence-corrected chi connectivity index (χ2v) is 8.86. The minimum Gasteiger partial charge on any atom is -0.371 e. The highest BCUT2D eigenvalue weighted by Gasteiger charge is 2.44. The molecular weight excluding hydrogens is 356 g/mol. The molecular formula is C26H26N2O. The summed E-state index contributed by atoms with van der Waals surface area (Å²) in [5, 5.41) is 3.39. The first kappa shape index (κ1) is 18.1. The standard InChI is InChI=1S/C26H26N2O/c1-25(19-9-5-3-6-10-19)13-15-28-16-14-26(2,20-11-7-4-8-12-20)23-18-21(27-29)17-22(25)24(23)28/h3-12,17-18H,13-16H2,1-2H3/t25-,26-/m0/s1. The fraction of sp³-hybridized carbons (Fsp3) is 0.308. The van der Waals surface area contributed by atoms with Gasteiger partial charge in [0.05, 0.1) is 0 Å². The topological polar surface area (TPSA) is 32.7 Å². The van der Waals surface area contributed by atoms with Crippen molar-refractivity contribution in [2.24, 2.45) is 5.18 Å². The predicted molar refractivity (Wildman–Crippen MR) is 119 cm³/mol. The average Bonchev–Trinajstić information content (AvgIpc) is 2.79. The zero-order chi connectivity index (χ0) is 20.1. The van der Waals surface area contributed by atoms with E-state index in [1.165, 1.54) is 27.9 Å². The highest BCUT2D eigenvalue weighted by Crippen LogP contribution is 2.54. The lowest BCUT2D eigenvalue weighted by Gasteiger charge is -2.50. The molecule has 0 bridgehead atoms. The van der Waals surface area contributed by atoms with Gasteiger partial charge in [-0.05, 0) is 52.4 Å². The summed E-state index contributed by atoms with van der Waals surface area (Å²) in [7, 11) is 0. The minimum atomic E-state index is -0.127. The molecule has 3 heteroatoms. The van der Waals surface area contributed by atoms with Crippen molar-refractivity contribution < 1.29 is 0 Å². The number of hydrogen-bond donors (Lipinski definition) is 0. The van der Waals surface area contributed by atoms with Gasteiger partial charge in [0, 0.05) is 29.6 Å². The molecule has 2 heterocycles. The number of anilines is 1.